The molecule has 6 nitrogen and oxygen atoms in total. The first-order chi connectivity index (χ1) is 12.0. The maximum absolute atomic E-state index is 11.8. The summed E-state index contributed by atoms with van der Waals surface area (Å²) in [5.74, 6) is 0.168. The van der Waals surface area contributed by atoms with Crippen molar-refractivity contribution in [3.63, 3.8) is 0 Å². The second-order valence-electron chi connectivity index (χ2n) is 5.41. The monoisotopic (exact) mass is 377 g/mol. The normalized spacial score (nSPS) is 16.3. The standard InChI is InChI=1S/C17H16ClN3O3S/c1-21-14-10(8-19-17(20-14)25-3)7-12(15(21)22)11-6-9(16(23)24-2)4-5-13(11)18/h4-8,15,22H,1-3H3. The van der Waals surface area contributed by atoms with Crippen LogP contribution in [0.4, 0.5) is 5.82 Å². The van der Waals surface area contributed by atoms with Crippen LogP contribution in [0.1, 0.15) is 21.5 Å². The number of thioether (sulfide) groups is 1. The van der Waals surface area contributed by atoms with Crippen LogP contribution < -0.4 is 4.90 Å². The molecule has 1 N–H and O–H groups in total. The van der Waals surface area contributed by atoms with E-state index < -0.39 is 12.2 Å². The van der Waals surface area contributed by atoms with Crippen molar-refractivity contribution in [2.24, 2.45) is 0 Å². The van der Waals surface area contributed by atoms with E-state index in [0.29, 0.717) is 32.7 Å². The van der Waals surface area contributed by atoms with Crippen molar-refractivity contribution in [1.29, 1.82) is 0 Å². The van der Waals surface area contributed by atoms with Crippen LogP contribution in [0.25, 0.3) is 11.6 Å². The van der Waals surface area contributed by atoms with Gasteiger partial charge in [0, 0.05) is 35.0 Å². The maximum Gasteiger partial charge on any atom is 0.337 e. The highest BCUT2D eigenvalue weighted by atomic mass is 35.5. The molecule has 3 rings (SSSR count). The van der Waals surface area contributed by atoms with Gasteiger partial charge in [0.05, 0.1) is 12.7 Å². The molecule has 0 saturated carbocycles. The quantitative estimate of drug-likeness (QED) is 0.500. The zero-order valence-electron chi connectivity index (χ0n) is 13.9. The third-order valence-corrected chi connectivity index (χ3v) is 4.84. The number of esters is 1. The molecular formula is C17H16ClN3O3S. The molecule has 1 aliphatic heterocycles. The van der Waals surface area contributed by atoms with Gasteiger partial charge in [-0.25, -0.2) is 14.8 Å². The highest BCUT2D eigenvalue weighted by molar-refractivity contribution is 7.98. The minimum Gasteiger partial charge on any atom is -0.465 e. The first-order valence-corrected chi connectivity index (χ1v) is 8.98. The van der Waals surface area contributed by atoms with Crippen LogP contribution in [0.5, 0.6) is 0 Å². The summed E-state index contributed by atoms with van der Waals surface area (Å²) < 4.78 is 4.75. The molecule has 1 aliphatic rings. The number of benzene rings is 1. The second kappa shape index (κ2) is 7.03. The van der Waals surface area contributed by atoms with Gasteiger partial charge in [-0.2, -0.15) is 0 Å². The number of rotatable bonds is 3. The molecule has 2 heterocycles. The Labute approximate surface area is 154 Å². The van der Waals surface area contributed by atoms with Crippen LogP contribution in [-0.2, 0) is 4.74 Å². The number of hydrogen-bond donors (Lipinski definition) is 1. The van der Waals surface area contributed by atoms with Gasteiger partial charge < -0.3 is 14.7 Å². The molecule has 0 aliphatic carbocycles. The van der Waals surface area contributed by atoms with Gasteiger partial charge in [0.1, 0.15) is 5.82 Å². The summed E-state index contributed by atoms with van der Waals surface area (Å²) in [7, 11) is 3.06. The molecule has 0 bridgehead atoms. The minimum absolute atomic E-state index is 0.359. The van der Waals surface area contributed by atoms with E-state index in [-0.39, 0.29) is 0 Å². The van der Waals surface area contributed by atoms with Gasteiger partial charge in [0.25, 0.3) is 0 Å². The van der Waals surface area contributed by atoms with Crippen molar-refractivity contribution in [3.8, 4) is 0 Å². The summed E-state index contributed by atoms with van der Waals surface area (Å²) in [5, 5.41) is 11.8. The third-order valence-electron chi connectivity index (χ3n) is 3.94. The Morgan fingerprint density at radius 3 is 2.88 bits per heavy atom. The summed E-state index contributed by atoms with van der Waals surface area (Å²) >= 11 is 7.74. The fourth-order valence-corrected chi connectivity index (χ4v) is 3.19. The Kier molecular flexibility index (Phi) is 4.99. The first-order valence-electron chi connectivity index (χ1n) is 7.38. The van der Waals surface area contributed by atoms with Crippen molar-refractivity contribution >= 4 is 46.8 Å². The van der Waals surface area contributed by atoms with Gasteiger partial charge in [0.2, 0.25) is 0 Å². The summed E-state index contributed by atoms with van der Waals surface area (Å²) in [5.41, 5.74) is 2.24. The van der Waals surface area contributed by atoms with E-state index in [0.717, 1.165) is 5.56 Å². The summed E-state index contributed by atoms with van der Waals surface area (Å²) in [6.07, 6.45) is 4.42. The van der Waals surface area contributed by atoms with E-state index in [9.17, 15) is 9.90 Å². The highest BCUT2D eigenvalue weighted by Crippen LogP contribution is 2.37. The number of aliphatic hydroxyl groups is 1. The Morgan fingerprint density at radius 2 is 2.20 bits per heavy atom. The number of carbonyl (C=O) groups excluding carboxylic acids is 1. The van der Waals surface area contributed by atoms with Crippen molar-refractivity contribution in [3.05, 3.63) is 46.1 Å². The van der Waals surface area contributed by atoms with Crippen molar-refractivity contribution in [1.82, 2.24) is 9.97 Å². The van der Waals surface area contributed by atoms with E-state index in [1.54, 1.807) is 42.4 Å². The number of nitrogens with zero attached hydrogens (tertiary/aromatic N) is 3. The molecule has 2 aromatic rings. The van der Waals surface area contributed by atoms with Crippen LogP contribution in [0.2, 0.25) is 5.02 Å². The Hall–Kier alpha value is -2.09. The molecule has 0 saturated heterocycles. The number of aromatic nitrogens is 2. The fourth-order valence-electron chi connectivity index (χ4n) is 2.62. The zero-order chi connectivity index (χ0) is 18.1. The number of ether oxygens (including phenoxy) is 1. The van der Waals surface area contributed by atoms with Crippen LogP contribution in [0, 0.1) is 0 Å². The number of carbonyl (C=O) groups is 1. The van der Waals surface area contributed by atoms with Crippen LogP contribution >= 0.6 is 23.4 Å². The van der Waals surface area contributed by atoms with Gasteiger partial charge in [0.15, 0.2) is 11.4 Å². The zero-order valence-corrected chi connectivity index (χ0v) is 15.4. The number of fused-ring (bicyclic) bond motifs is 1. The van der Waals surface area contributed by atoms with E-state index >= 15 is 0 Å². The van der Waals surface area contributed by atoms with Crippen LogP contribution in [0.3, 0.4) is 0 Å². The average molecular weight is 378 g/mol. The molecule has 8 heteroatoms. The van der Waals surface area contributed by atoms with Gasteiger partial charge >= 0.3 is 5.97 Å². The first kappa shape index (κ1) is 17.7. The lowest BCUT2D eigenvalue weighted by Gasteiger charge is -2.32. The molecule has 0 fully saturated rings. The molecule has 0 spiro atoms. The van der Waals surface area contributed by atoms with E-state index in [1.165, 1.54) is 18.9 Å². The molecular weight excluding hydrogens is 362 g/mol. The lowest BCUT2D eigenvalue weighted by molar-refractivity contribution is 0.0600. The molecule has 25 heavy (non-hydrogen) atoms. The minimum atomic E-state index is -0.956. The molecule has 130 valence electrons. The van der Waals surface area contributed by atoms with E-state index in [1.807, 2.05) is 6.26 Å². The van der Waals surface area contributed by atoms with Gasteiger partial charge in [-0.05, 0) is 30.5 Å². The van der Waals surface area contributed by atoms with E-state index in [2.05, 4.69) is 9.97 Å². The number of halogens is 1. The molecule has 0 radical (unpaired) electrons. The Bertz CT molecular complexity index is 872. The lowest BCUT2D eigenvalue weighted by Crippen LogP contribution is -2.36. The van der Waals surface area contributed by atoms with Gasteiger partial charge in [-0.3, -0.25) is 0 Å². The topological polar surface area (TPSA) is 75.5 Å². The van der Waals surface area contributed by atoms with Crippen molar-refractivity contribution in [2.45, 2.75) is 11.4 Å². The predicted molar refractivity (Wildman–Crippen MR) is 98.9 cm³/mol. The van der Waals surface area contributed by atoms with Crippen LogP contribution in [-0.4, -0.2) is 47.7 Å². The summed E-state index contributed by atoms with van der Waals surface area (Å²) in [6, 6.07) is 4.80. The Balaban J connectivity index is 2.13. The van der Waals surface area contributed by atoms with E-state index in [4.69, 9.17) is 16.3 Å². The third kappa shape index (κ3) is 3.22. The lowest BCUT2D eigenvalue weighted by atomic mass is 9.96. The van der Waals surface area contributed by atoms with Crippen molar-refractivity contribution in [2.75, 3.05) is 25.3 Å². The molecule has 1 aromatic carbocycles. The average Bonchev–Trinajstić information content (AvgIpc) is 2.64. The smallest absolute Gasteiger partial charge is 0.337 e. The highest BCUT2D eigenvalue weighted by Gasteiger charge is 2.28. The Morgan fingerprint density at radius 1 is 1.44 bits per heavy atom. The number of hydrogen-bond acceptors (Lipinski definition) is 7. The molecule has 1 atom stereocenters. The molecule has 1 aromatic heterocycles. The number of aliphatic hydroxyl groups excluding tert-OH is 1. The number of anilines is 1. The molecule has 1 unspecified atom stereocenters. The number of likely N-dealkylation sites (N-methyl/N-ethyl adjacent to an activating group) is 1. The largest absolute Gasteiger partial charge is 0.465 e. The van der Waals surface area contributed by atoms with Crippen LogP contribution in [0.15, 0.2) is 29.6 Å². The van der Waals surface area contributed by atoms with Crippen molar-refractivity contribution < 1.29 is 14.6 Å². The fraction of sp³-hybridized carbons (Fsp3) is 0.235. The summed E-state index contributed by atoms with van der Waals surface area (Å²) in [6.45, 7) is 0. The second-order valence-corrected chi connectivity index (χ2v) is 6.59. The maximum atomic E-state index is 11.8. The SMILES string of the molecule is COC(=O)c1ccc(Cl)c(C2=Cc3cnc(SC)nc3N(C)C2O)c1. The molecule has 0 amide bonds. The van der Waals surface area contributed by atoms with Gasteiger partial charge in [-0.15, -0.1) is 0 Å². The van der Waals surface area contributed by atoms with Gasteiger partial charge in [-0.1, -0.05) is 23.4 Å². The predicted octanol–water partition coefficient (Wildman–Crippen LogP) is 2.95. The number of methoxy groups -OCH3 is 1. The summed E-state index contributed by atoms with van der Waals surface area (Å²) in [4.78, 5) is 22.2.